The maximum absolute atomic E-state index is 14.2. The first-order chi connectivity index (χ1) is 13.7. The zero-order chi connectivity index (χ0) is 19.3. The van der Waals surface area contributed by atoms with Crippen LogP contribution >= 0.6 is 0 Å². The fraction of sp³-hybridized carbons (Fsp3) is 0.739. The van der Waals surface area contributed by atoms with Crippen LogP contribution in [0.2, 0.25) is 0 Å². The molecule has 0 amide bonds. The zero-order valence-corrected chi connectivity index (χ0v) is 16.9. The van der Waals surface area contributed by atoms with Gasteiger partial charge in [-0.2, -0.15) is 0 Å². The number of benzene rings is 1. The van der Waals surface area contributed by atoms with Gasteiger partial charge in [0.2, 0.25) is 0 Å². The summed E-state index contributed by atoms with van der Waals surface area (Å²) < 4.78 is 33.7. The van der Waals surface area contributed by atoms with Crippen molar-refractivity contribution in [3.63, 3.8) is 0 Å². The molecule has 0 unspecified atom stereocenters. The summed E-state index contributed by atoms with van der Waals surface area (Å²) >= 11 is 0. The summed E-state index contributed by atoms with van der Waals surface area (Å²) in [6, 6.07) is 4.60. The van der Waals surface area contributed by atoms with Crippen LogP contribution in [-0.4, -0.2) is 54.7 Å². The van der Waals surface area contributed by atoms with Crippen molar-refractivity contribution in [1.82, 2.24) is 9.80 Å². The molecule has 0 spiro atoms. The van der Waals surface area contributed by atoms with Crippen LogP contribution in [0.15, 0.2) is 18.2 Å². The topological polar surface area (TPSA) is 15.7 Å². The average Bonchev–Trinajstić information content (AvgIpc) is 3.39. The van der Waals surface area contributed by atoms with Crippen molar-refractivity contribution in [3.05, 3.63) is 35.4 Å². The van der Waals surface area contributed by atoms with E-state index in [0.717, 1.165) is 38.6 Å². The van der Waals surface area contributed by atoms with Gasteiger partial charge in [0.05, 0.1) is 6.10 Å². The van der Waals surface area contributed by atoms with Crippen LogP contribution in [0.1, 0.15) is 56.9 Å². The van der Waals surface area contributed by atoms with E-state index in [0.29, 0.717) is 18.0 Å². The van der Waals surface area contributed by atoms with Crippen molar-refractivity contribution in [2.75, 3.05) is 32.8 Å². The van der Waals surface area contributed by atoms with Crippen LogP contribution in [-0.2, 0) is 11.3 Å². The van der Waals surface area contributed by atoms with Gasteiger partial charge >= 0.3 is 0 Å². The SMILES string of the molecule is Fc1ccc(F)c(CN(CC2CCN(C3CCCC3)CC2)C[C@H]2CCCO2)c1. The van der Waals surface area contributed by atoms with Crippen molar-refractivity contribution in [3.8, 4) is 0 Å². The molecular weight excluding hydrogens is 358 g/mol. The fourth-order valence-corrected chi connectivity index (χ4v) is 5.32. The van der Waals surface area contributed by atoms with E-state index in [1.165, 1.54) is 69.8 Å². The Bertz CT molecular complexity index is 621. The lowest BCUT2D eigenvalue weighted by Gasteiger charge is -2.38. The smallest absolute Gasteiger partial charge is 0.127 e. The second-order valence-corrected chi connectivity index (χ2v) is 8.98. The number of halogens is 2. The Morgan fingerprint density at radius 1 is 0.964 bits per heavy atom. The molecule has 1 saturated carbocycles. The quantitative estimate of drug-likeness (QED) is 0.674. The molecule has 156 valence electrons. The van der Waals surface area contributed by atoms with Gasteiger partial charge < -0.3 is 9.64 Å². The van der Waals surface area contributed by atoms with E-state index in [9.17, 15) is 8.78 Å². The average molecular weight is 393 g/mol. The molecule has 5 heteroatoms. The minimum Gasteiger partial charge on any atom is -0.377 e. The van der Waals surface area contributed by atoms with Gasteiger partial charge in [-0.15, -0.1) is 0 Å². The predicted molar refractivity (Wildman–Crippen MR) is 107 cm³/mol. The first kappa shape index (κ1) is 20.2. The third kappa shape index (κ3) is 5.31. The third-order valence-corrected chi connectivity index (χ3v) is 6.89. The van der Waals surface area contributed by atoms with E-state index in [-0.39, 0.29) is 17.7 Å². The molecule has 0 bridgehead atoms. The molecular formula is C23H34F2N2O. The summed E-state index contributed by atoms with van der Waals surface area (Å²) in [5, 5.41) is 0. The van der Waals surface area contributed by atoms with Crippen LogP contribution in [0.5, 0.6) is 0 Å². The summed E-state index contributed by atoms with van der Waals surface area (Å²) in [4.78, 5) is 5.00. The maximum atomic E-state index is 14.2. The van der Waals surface area contributed by atoms with Crippen molar-refractivity contribution in [2.45, 2.75) is 70.1 Å². The first-order valence-corrected chi connectivity index (χ1v) is 11.2. The molecule has 1 atom stereocenters. The Kier molecular flexibility index (Phi) is 6.97. The summed E-state index contributed by atoms with van der Waals surface area (Å²) in [7, 11) is 0. The zero-order valence-electron chi connectivity index (χ0n) is 16.9. The van der Waals surface area contributed by atoms with Gasteiger partial charge in [0, 0.05) is 37.8 Å². The molecule has 0 aromatic heterocycles. The Morgan fingerprint density at radius 3 is 2.46 bits per heavy atom. The molecule has 3 nitrogen and oxygen atoms in total. The maximum Gasteiger partial charge on any atom is 0.127 e. The van der Waals surface area contributed by atoms with Gasteiger partial charge in [-0.1, -0.05) is 12.8 Å². The molecule has 2 aliphatic heterocycles. The van der Waals surface area contributed by atoms with Gasteiger partial charge in [0.25, 0.3) is 0 Å². The van der Waals surface area contributed by atoms with E-state index in [4.69, 9.17) is 4.74 Å². The molecule has 2 saturated heterocycles. The molecule has 3 fully saturated rings. The molecule has 28 heavy (non-hydrogen) atoms. The number of hydrogen-bond donors (Lipinski definition) is 0. The lowest BCUT2D eigenvalue weighted by molar-refractivity contribution is 0.0535. The van der Waals surface area contributed by atoms with Gasteiger partial charge in [-0.25, -0.2) is 8.78 Å². The summed E-state index contributed by atoms with van der Waals surface area (Å²) in [6.45, 7) is 5.45. The molecule has 1 aromatic rings. The second kappa shape index (κ2) is 9.64. The van der Waals surface area contributed by atoms with Crippen LogP contribution < -0.4 is 0 Å². The van der Waals surface area contributed by atoms with E-state index < -0.39 is 0 Å². The minimum absolute atomic E-state index is 0.232. The molecule has 0 radical (unpaired) electrons. The molecule has 0 N–H and O–H groups in total. The predicted octanol–water partition coefficient (Wildman–Crippen LogP) is 4.60. The monoisotopic (exact) mass is 392 g/mol. The number of likely N-dealkylation sites (tertiary alicyclic amines) is 1. The summed E-state index contributed by atoms with van der Waals surface area (Å²) in [6.07, 6.45) is 10.3. The molecule has 1 aliphatic carbocycles. The number of piperidine rings is 1. The molecule has 4 rings (SSSR count). The van der Waals surface area contributed by atoms with Gasteiger partial charge in [-0.05, 0) is 75.7 Å². The van der Waals surface area contributed by atoms with Crippen LogP contribution in [0.25, 0.3) is 0 Å². The Balaban J connectivity index is 1.35. The van der Waals surface area contributed by atoms with E-state index >= 15 is 0 Å². The Labute approximate surface area is 168 Å². The van der Waals surface area contributed by atoms with Gasteiger partial charge in [-0.3, -0.25) is 4.90 Å². The van der Waals surface area contributed by atoms with E-state index in [1.807, 2.05) is 0 Å². The Hall–Kier alpha value is -1.04. The second-order valence-electron chi connectivity index (χ2n) is 8.98. The molecule has 1 aromatic carbocycles. The first-order valence-electron chi connectivity index (χ1n) is 11.2. The third-order valence-electron chi connectivity index (χ3n) is 6.89. The standard InChI is InChI=1S/C23H34F2N2O/c24-20-7-8-23(25)19(14-20)16-26(17-22-6-3-13-28-22)15-18-9-11-27(12-10-18)21-4-1-2-5-21/h7-8,14,18,21-22H,1-6,9-13,15-17H2/t22-/m1/s1. The summed E-state index contributed by atoms with van der Waals surface area (Å²) in [5.74, 6) is -0.0381. The normalized spacial score (nSPS) is 25.2. The fourth-order valence-electron chi connectivity index (χ4n) is 5.32. The number of rotatable bonds is 7. The van der Waals surface area contributed by atoms with Gasteiger partial charge in [0.15, 0.2) is 0 Å². The molecule has 2 heterocycles. The van der Waals surface area contributed by atoms with Crippen molar-refractivity contribution >= 4 is 0 Å². The van der Waals surface area contributed by atoms with Crippen molar-refractivity contribution in [2.24, 2.45) is 5.92 Å². The van der Waals surface area contributed by atoms with Crippen molar-refractivity contribution < 1.29 is 13.5 Å². The highest BCUT2D eigenvalue weighted by Gasteiger charge is 2.29. The highest BCUT2D eigenvalue weighted by Crippen LogP contribution is 2.29. The molecule has 3 aliphatic rings. The number of hydrogen-bond acceptors (Lipinski definition) is 3. The number of nitrogens with zero attached hydrogens (tertiary/aromatic N) is 2. The highest BCUT2D eigenvalue weighted by molar-refractivity contribution is 5.18. The largest absolute Gasteiger partial charge is 0.377 e. The van der Waals surface area contributed by atoms with E-state index in [1.54, 1.807) is 0 Å². The minimum atomic E-state index is -0.363. The summed E-state index contributed by atoms with van der Waals surface area (Å²) in [5.41, 5.74) is 0.460. The van der Waals surface area contributed by atoms with Crippen molar-refractivity contribution in [1.29, 1.82) is 0 Å². The Morgan fingerprint density at radius 2 is 1.75 bits per heavy atom. The van der Waals surface area contributed by atoms with Crippen LogP contribution in [0, 0.1) is 17.6 Å². The lowest BCUT2D eigenvalue weighted by Crippen LogP contribution is -2.43. The highest BCUT2D eigenvalue weighted by atomic mass is 19.1. The van der Waals surface area contributed by atoms with E-state index in [2.05, 4.69) is 9.80 Å². The lowest BCUT2D eigenvalue weighted by atomic mass is 9.94. The van der Waals surface area contributed by atoms with Gasteiger partial charge in [0.1, 0.15) is 11.6 Å². The van der Waals surface area contributed by atoms with Crippen LogP contribution in [0.4, 0.5) is 8.78 Å². The number of ether oxygens (including phenoxy) is 1. The van der Waals surface area contributed by atoms with Crippen LogP contribution in [0.3, 0.4) is 0 Å².